The van der Waals surface area contributed by atoms with Crippen LogP contribution in [0, 0.1) is 0 Å². The van der Waals surface area contributed by atoms with Crippen molar-refractivity contribution in [3.05, 3.63) is 52.2 Å². The van der Waals surface area contributed by atoms with Crippen LogP contribution in [0.15, 0.2) is 35.3 Å². The Kier molecular flexibility index (Phi) is 4.19. The number of nitrogens with zero attached hydrogens (tertiary/aromatic N) is 1. The SMILES string of the molecule is COc1ccc2nc(CNC(=O)c3cc(=O)c(OC)c[nH]3)[nH]c2c1. The summed E-state index contributed by atoms with van der Waals surface area (Å²) in [4.78, 5) is 34.0. The lowest BCUT2D eigenvalue weighted by Crippen LogP contribution is -2.25. The first-order chi connectivity index (χ1) is 11.6. The van der Waals surface area contributed by atoms with Crippen LogP contribution in [0.1, 0.15) is 16.3 Å². The quantitative estimate of drug-likeness (QED) is 0.652. The van der Waals surface area contributed by atoms with E-state index in [1.807, 2.05) is 18.2 Å². The molecule has 8 heteroatoms. The molecule has 3 aromatic rings. The van der Waals surface area contributed by atoms with Crippen molar-refractivity contribution in [2.45, 2.75) is 6.54 Å². The molecule has 1 aromatic carbocycles. The number of hydrogen-bond acceptors (Lipinski definition) is 5. The molecule has 2 heterocycles. The molecule has 0 saturated heterocycles. The number of imidazole rings is 1. The standard InChI is InChI=1S/C16H16N4O4/c1-23-9-3-4-10-11(5-9)20-15(19-10)8-18-16(22)12-6-13(21)14(24-2)7-17-12/h3-7H,8H2,1-2H3,(H,17,21)(H,18,22)(H,19,20). The molecule has 0 atom stereocenters. The maximum absolute atomic E-state index is 12.1. The van der Waals surface area contributed by atoms with Gasteiger partial charge in [0.25, 0.3) is 5.91 Å². The van der Waals surface area contributed by atoms with Crippen LogP contribution < -0.4 is 20.2 Å². The van der Waals surface area contributed by atoms with Crippen molar-refractivity contribution in [2.75, 3.05) is 14.2 Å². The number of ether oxygens (including phenoxy) is 2. The summed E-state index contributed by atoms with van der Waals surface area (Å²) >= 11 is 0. The number of fused-ring (bicyclic) bond motifs is 1. The van der Waals surface area contributed by atoms with Gasteiger partial charge in [0.2, 0.25) is 5.43 Å². The van der Waals surface area contributed by atoms with Crippen molar-refractivity contribution >= 4 is 16.9 Å². The maximum Gasteiger partial charge on any atom is 0.268 e. The summed E-state index contributed by atoms with van der Waals surface area (Å²) in [5, 5.41) is 2.69. The number of rotatable bonds is 5. The Morgan fingerprint density at radius 1 is 1.25 bits per heavy atom. The van der Waals surface area contributed by atoms with Crippen LogP contribution in [0.3, 0.4) is 0 Å². The van der Waals surface area contributed by atoms with Crippen LogP contribution in [-0.4, -0.2) is 35.1 Å². The molecule has 1 amide bonds. The van der Waals surface area contributed by atoms with E-state index in [0.29, 0.717) is 5.82 Å². The van der Waals surface area contributed by atoms with Crippen LogP contribution >= 0.6 is 0 Å². The third kappa shape index (κ3) is 3.07. The van der Waals surface area contributed by atoms with E-state index < -0.39 is 5.91 Å². The fraction of sp³-hybridized carbons (Fsp3) is 0.188. The second-order valence-electron chi connectivity index (χ2n) is 5.03. The molecule has 0 aliphatic heterocycles. The Bertz CT molecular complexity index is 945. The molecule has 2 aromatic heterocycles. The third-order valence-corrected chi connectivity index (χ3v) is 3.50. The van der Waals surface area contributed by atoms with Gasteiger partial charge in [-0.15, -0.1) is 0 Å². The van der Waals surface area contributed by atoms with E-state index in [9.17, 15) is 9.59 Å². The zero-order chi connectivity index (χ0) is 17.1. The highest BCUT2D eigenvalue weighted by Gasteiger charge is 2.10. The molecule has 0 bridgehead atoms. The average Bonchev–Trinajstić information content (AvgIpc) is 3.01. The summed E-state index contributed by atoms with van der Waals surface area (Å²) in [7, 11) is 2.98. The Labute approximate surface area is 136 Å². The lowest BCUT2D eigenvalue weighted by atomic mass is 10.3. The number of H-pyrrole nitrogens is 2. The minimum atomic E-state index is -0.409. The Morgan fingerprint density at radius 2 is 2.08 bits per heavy atom. The van der Waals surface area contributed by atoms with Crippen LogP contribution in [0.5, 0.6) is 11.5 Å². The van der Waals surface area contributed by atoms with Crippen LogP contribution in [-0.2, 0) is 6.54 Å². The topological polar surface area (TPSA) is 109 Å². The summed E-state index contributed by atoms with van der Waals surface area (Å²) in [5.41, 5.74) is 1.38. The van der Waals surface area contributed by atoms with Gasteiger partial charge >= 0.3 is 0 Å². The van der Waals surface area contributed by atoms with Crippen molar-refractivity contribution in [2.24, 2.45) is 0 Å². The van der Waals surface area contributed by atoms with Gasteiger partial charge in [0.1, 0.15) is 17.3 Å². The van der Waals surface area contributed by atoms with E-state index in [4.69, 9.17) is 9.47 Å². The van der Waals surface area contributed by atoms with E-state index in [2.05, 4.69) is 20.3 Å². The van der Waals surface area contributed by atoms with E-state index in [-0.39, 0.29) is 23.4 Å². The zero-order valence-corrected chi connectivity index (χ0v) is 13.2. The first-order valence-electron chi connectivity index (χ1n) is 7.18. The summed E-state index contributed by atoms with van der Waals surface area (Å²) in [6.45, 7) is 0.198. The number of nitrogens with one attached hydrogen (secondary N) is 3. The van der Waals surface area contributed by atoms with Gasteiger partial charge in [0, 0.05) is 18.3 Å². The van der Waals surface area contributed by atoms with Gasteiger partial charge < -0.3 is 24.8 Å². The highest BCUT2D eigenvalue weighted by molar-refractivity contribution is 5.92. The number of carbonyl (C=O) groups is 1. The Balaban J connectivity index is 1.72. The Hall–Kier alpha value is -3.29. The first-order valence-corrected chi connectivity index (χ1v) is 7.18. The number of carbonyl (C=O) groups excluding carboxylic acids is 1. The molecule has 0 saturated carbocycles. The van der Waals surface area contributed by atoms with E-state index in [1.54, 1.807) is 7.11 Å². The molecule has 124 valence electrons. The lowest BCUT2D eigenvalue weighted by molar-refractivity contribution is 0.0945. The van der Waals surface area contributed by atoms with Crippen LogP contribution in [0.25, 0.3) is 11.0 Å². The lowest BCUT2D eigenvalue weighted by Gasteiger charge is -2.04. The molecule has 0 aliphatic rings. The highest BCUT2D eigenvalue weighted by Crippen LogP contribution is 2.18. The van der Waals surface area contributed by atoms with Crippen molar-refractivity contribution in [3.63, 3.8) is 0 Å². The van der Waals surface area contributed by atoms with Crippen LogP contribution in [0.4, 0.5) is 0 Å². The zero-order valence-electron chi connectivity index (χ0n) is 13.2. The second kappa shape index (κ2) is 6.45. The Morgan fingerprint density at radius 3 is 2.79 bits per heavy atom. The summed E-state index contributed by atoms with van der Waals surface area (Å²) in [6, 6.07) is 6.66. The number of hydrogen-bond donors (Lipinski definition) is 3. The molecule has 0 spiro atoms. The molecule has 3 N–H and O–H groups in total. The molecule has 0 radical (unpaired) electrons. The van der Waals surface area contributed by atoms with Crippen molar-refractivity contribution < 1.29 is 14.3 Å². The van der Waals surface area contributed by atoms with E-state index >= 15 is 0 Å². The molecular weight excluding hydrogens is 312 g/mol. The summed E-state index contributed by atoms with van der Waals surface area (Å²) in [6.07, 6.45) is 1.35. The fourth-order valence-corrected chi connectivity index (χ4v) is 2.26. The van der Waals surface area contributed by atoms with Crippen molar-refractivity contribution in [1.29, 1.82) is 0 Å². The first kappa shape index (κ1) is 15.6. The van der Waals surface area contributed by atoms with Crippen molar-refractivity contribution in [3.8, 4) is 11.5 Å². The van der Waals surface area contributed by atoms with Crippen LogP contribution in [0.2, 0.25) is 0 Å². The summed E-state index contributed by atoms with van der Waals surface area (Å²) in [5.74, 6) is 1.06. The molecule has 0 fully saturated rings. The van der Waals surface area contributed by atoms with Gasteiger partial charge in [-0.05, 0) is 12.1 Å². The number of benzene rings is 1. The number of amides is 1. The molecule has 0 unspecified atom stereocenters. The number of pyridine rings is 1. The van der Waals surface area contributed by atoms with Gasteiger partial charge in [-0.1, -0.05) is 0 Å². The van der Waals surface area contributed by atoms with Gasteiger partial charge in [0.05, 0.1) is 31.8 Å². The normalized spacial score (nSPS) is 10.6. The number of aromatic amines is 2. The number of aromatic nitrogens is 3. The maximum atomic E-state index is 12.1. The second-order valence-corrected chi connectivity index (χ2v) is 5.03. The van der Waals surface area contributed by atoms with Gasteiger partial charge in [0.15, 0.2) is 5.75 Å². The average molecular weight is 328 g/mol. The van der Waals surface area contributed by atoms with Crippen molar-refractivity contribution in [1.82, 2.24) is 20.3 Å². The largest absolute Gasteiger partial charge is 0.497 e. The summed E-state index contributed by atoms with van der Waals surface area (Å²) < 4.78 is 10.0. The smallest absolute Gasteiger partial charge is 0.268 e. The van der Waals surface area contributed by atoms with E-state index in [0.717, 1.165) is 16.8 Å². The van der Waals surface area contributed by atoms with Gasteiger partial charge in [-0.3, -0.25) is 9.59 Å². The van der Waals surface area contributed by atoms with Gasteiger partial charge in [-0.25, -0.2) is 4.98 Å². The predicted molar refractivity (Wildman–Crippen MR) is 87.4 cm³/mol. The molecule has 3 rings (SSSR count). The van der Waals surface area contributed by atoms with Gasteiger partial charge in [-0.2, -0.15) is 0 Å². The minimum Gasteiger partial charge on any atom is -0.497 e. The number of methoxy groups -OCH3 is 2. The molecule has 24 heavy (non-hydrogen) atoms. The third-order valence-electron chi connectivity index (χ3n) is 3.50. The minimum absolute atomic E-state index is 0.151. The molecule has 0 aliphatic carbocycles. The monoisotopic (exact) mass is 328 g/mol. The highest BCUT2D eigenvalue weighted by atomic mass is 16.5. The fourth-order valence-electron chi connectivity index (χ4n) is 2.26. The predicted octanol–water partition coefficient (Wildman–Crippen LogP) is 1.20. The molecule has 8 nitrogen and oxygen atoms in total. The van der Waals surface area contributed by atoms with E-state index in [1.165, 1.54) is 19.4 Å². The molecular formula is C16H16N4O4.